The number of hydrogen-bond acceptors (Lipinski definition) is 3. The highest BCUT2D eigenvalue weighted by Crippen LogP contribution is 2.21. The highest BCUT2D eigenvalue weighted by Gasteiger charge is 2.06. The van der Waals surface area contributed by atoms with E-state index in [0.717, 1.165) is 4.90 Å². The SMILES string of the molecule is O=C(CCSc1ccc(Cl)cc1)Nc1ccc(OC(F)F)cc1. The van der Waals surface area contributed by atoms with Crippen LogP contribution in [-0.4, -0.2) is 18.3 Å². The molecule has 0 aliphatic heterocycles. The van der Waals surface area contributed by atoms with Crippen LogP contribution in [0.25, 0.3) is 0 Å². The Labute approximate surface area is 142 Å². The van der Waals surface area contributed by atoms with Crippen LogP contribution >= 0.6 is 23.4 Å². The standard InChI is InChI=1S/C16H14ClF2NO2S/c17-11-1-7-14(8-2-11)23-10-9-15(21)20-12-3-5-13(6-4-12)22-16(18)19/h1-8,16H,9-10H2,(H,20,21). The summed E-state index contributed by atoms with van der Waals surface area (Å²) >= 11 is 7.36. The molecule has 7 heteroatoms. The Kier molecular flexibility index (Phi) is 6.67. The summed E-state index contributed by atoms with van der Waals surface area (Å²) in [7, 11) is 0. The molecular weight excluding hydrogens is 344 g/mol. The number of nitrogens with one attached hydrogen (secondary N) is 1. The van der Waals surface area contributed by atoms with E-state index in [1.165, 1.54) is 24.3 Å². The van der Waals surface area contributed by atoms with Crippen molar-refractivity contribution in [1.29, 1.82) is 0 Å². The number of anilines is 1. The Morgan fingerprint density at radius 3 is 2.39 bits per heavy atom. The molecule has 0 atom stereocenters. The molecule has 1 amide bonds. The molecule has 2 rings (SSSR count). The van der Waals surface area contributed by atoms with E-state index in [1.54, 1.807) is 23.9 Å². The fraction of sp³-hybridized carbons (Fsp3) is 0.188. The van der Waals surface area contributed by atoms with Crippen LogP contribution in [0.4, 0.5) is 14.5 Å². The quantitative estimate of drug-likeness (QED) is 0.704. The van der Waals surface area contributed by atoms with Gasteiger partial charge >= 0.3 is 6.61 Å². The molecule has 0 fully saturated rings. The van der Waals surface area contributed by atoms with E-state index in [-0.39, 0.29) is 11.7 Å². The first kappa shape index (κ1) is 17.6. The van der Waals surface area contributed by atoms with E-state index in [2.05, 4.69) is 10.1 Å². The lowest BCUT2D eigenvalue weighted by Crippen LogP contribution is -2.12. The van der Waals surface area contributed by atoms with Crippen molar-refractivity contribution in [3.8, 4) is 5.75 Å². The van der Waals surface area contributed by atoms with Gasteiger partial charge in [0.1, 0.15) is 5.75 Å². The molecule has 122 valence electrons. The molecule has 23 heavy (non-hydrogen) atoms. The van der Waals surface area contributed by atoms with E-state index in [1.807, 2.05) is 12.1 Å². The summed E-state index contributed by atoms with van der Waals surface area (Å²) in [5.41, 5.74) is 0.535. The Hall–Kier alpha value is -1.79. The molecule has 0 radical (unpaired) electrons. The van der Waals surface area contributed by atoms with Crippen molar-refractivity contribution in [1.82, 2.24) is 0 Å². The number of alkyl halides is 2. The molecule has 0 aliphatic carbocycles. The third-order valence-corrected chi connectivity index (χ3v) is 4.04. The van der Waals surface area contributed by atoms with E-state index in [0.29, 0.717) is 22.9 Å². The second-order valence-electron chi connectivity index (χ2n) is 4.50. The average Bonchev–Trinajstić information content (AvgIpc) is 2.51. The third-order valence-electron chi connectivity index (χ3n) is 2.77. The van der Waals surface area contributed by atoms with Crippen LogP contribution in [-0.2, 0) is 4.79 Å². The van der Waals surface area contributed by atoms with Crippen LogP contribution < -0.4 is 10.1 Å². The number of carbonyl (C=O) groups is 1. The molecule has 0 bridgehead atoms. The molecule has 3 nitrogen and oxygen atoms in total. The van der Waals surface area contributed by atoms with Crippen LogP contribution in [0.3, 0.4) is 0 Å². The van der Waals surface area contributed by atoms with Crippen molar-refractivity contribution in [2.75, 3.05) is 11.1 Å². The number of carbonyl (C=O) groups excluding carboxylic acids is 1. The normalized spacial score (nSPS) is 10.6. The van der Waals surface area contributed by atoms with Gasteiger partial charge in [0, 0.05) is 27.8 Å². The van der Waals surface area contributed by atoms with Crippen LogP contribution in [0.1, 0.15) is 6.42 Å². The van der Waals surface area contributed by atoms with Crippen LogP contribution in [0.2, 0.25) is 5.02 Å². The van der Waals surface area contributed by atoms with Gasteiger partial charge in [0.2, 0.25) is 5.91 Å². The Morgan fingerprint density at radius 1 is 1.13 bits per heavy atom. The van der Waals surface area contributed by atoms with Crippen molar-refractivity contribution in [2.24, 2.45) is 0 Å². The predicted molar refractivity (Wildman–Crippen MR) is 88.5 cm³/mol. The maximum atomic E-state index is 12.0. The maximum Gasteiger partial charge on any atom is 0.387 e. The zero-order valence-electron chi connectivity index (χ0n) is 12.0. The van der Waals surface area contributed by atoms with Gasteiger partial charge < -0.3 is 10.1 Å². The lowest BCUT2D eigenvalue weighted by molar-refractivity contribution is -0.115. The fourth-order valence-corrected chi connectivity index (χ4v) is 2.71. The summed E-state index contributed by atoms with van der Waals surface area (Å²) in [6.07, 6.45) is 0.336. The van der Waals surface area contributed by atoms with Gasteiger partial charge in [-0.05, 0) is 48.5 Å². The first-order valence-corrected chi connectivity index (χ1v) is 8.12. The largest absolute Gasteiger partial charge is 0.435 e. The van der Waals surface area contributed by atoms with E-state index in [4.69, 9.17) is 11.6 Å². The molecule has 0 heterocycles. The molecule has 2 aromatic carbocycles. The van der Waals surface area contributed by atoms with Gasteiger partial charge in [0.15, 0.2) is 0 Å². The van der Waals surface area contributed by atoms with Crippen molar-refractivity contribution < 1.29 is 18.3 Å². The molecule has 0 saturated heterocycles. The monoisotopic (exact) mass is 357 g/mol. The van der Waals surface area contributed by atoms with Gasteiger partial charge in [-0.25, -0.2) is 0 Å². The van der Waals surface area contributed by atoms with E-state index >= 15 is 0 Å². The molecular formula is C16H14ClF2NO2S. The molecule has 2 aromatic rings. The zero-order chi connectivity index (χ0) is 16.7. The number of ether oxygens (including phenoxy) is 1. The Balaban J connectivity index is 1.75. The second kappa shape index (κ2) is 8.74. The Bertz CT molecular complexity index is 636. The number of thioether (sulfide) groups is 1. The smallest absolute Gasteiger partial charge is 0.387 e. The molecule has 0 saturated carbocycles. The first-order valence-electron chi connectivity index (χ1n) is 6.76. The topological polar surface area (TPSA) is 38.3 Å². The minimum absolute atomic E-state index is 0.0521. The average molecular weight is 358 g/mol. The van der Waals surface area contributed by atoms with Gasteiger partial charge in [0.25, 0.3) is 0 Å². The Morgan fingerprint density at radius 2 is 1.78 bits per heavy atom. The predicted octanol–water partition coefficient (Wildman–Crippen LogP) is 5.06. The number of halogens is 3. The number of rotatable bonds is 7. The van der Waals surface area contributed by atoms with Crippen molar-refractivity contribution in [3.63, 3.8) is 0 Å². The highest BCUT2D eigenvalue weighted by atomic mass is 35.5. The summed E-state index contributed by atoms with van der Waals surface area (Å²) < 4.78 is 28.3. The molecule has 0 aliphatic rings. The summed E-state index contributed by atoms with van der Waals surface area (Å²) in [5, 5.41) is 3.37. The summed E-state index contributed by atoms with van der Waals surface area (Å²) in [4.78, 5) is 12.9. The van der Waals surface area contributed by atoms with Gasteiger partial charge in [-0.3, -0.25) is 4.79 Å². The van der Waals surface area contributed by atoms with E-state index < -0.39 is 6.61 Å². The number of hydrogen-bond donors (Lipinski definition) is 1. The lowest BCUT2D eigenvalue weighted by atomic mass is 10.3. The summed E-state index contributed by atoms with van der Waals surface area (Å²) in [6, 6.07) is 13.2. The molecule has 1 N–H and O–H groups in total. The molecule has 0 spiro atoms. The maximum absolute atomic E-state index is 12.0. The van der Waals surface area contributed by atoms with Gasteiger partial charge in [-0.2, -0.15) is 8.78 Å². The van der Waals surface area contributed by atoms with Crippen LogP contribution in [0, 0.1) is 0 Å². The van der Waals surface area contributed by atoms with Crippen molar-refractivity contribution in [3.05, 3.63) is 53.6 Å². The van der Waals surface area contributed by atoms with Gasteiger partial charge in [-0.15, -0.1) is 11.8 Å². The minimum Gasteiger partial charge on any atom is -0.435 e. The third kappa shape index (κ3) is 6.46. The zero-order valence-corrected chi connectivity index (χ0v) is 13.5. The van der Waals surface area contributed by atoms with Crippen molar-refractivity contribution in [2.45, 2.75) is 17.9 Å². The fourth-order valence-electron chi connectivity index (χ4n) is 1.74. The molecule has 0 unspecified atom stereocenters. The van der Waals surface area contributed by atoms with Gasteiger partial charge in [0.05, 0.1) is 0 Å². The summed E-state index contributed by atoms with van der Waals surface area (Å²) in [6.45, 7) is -2.86. The van der Waals surface area contributed by atoms with Crippen LogP contribution in [0.5, 0.6) is 5.75 Å². The molecule has 0 aromatic heterocycles. The van der Waals surface area contributed by atoms with Gasteiger partial charge in [-0.1, -0.05) is 11.6 Å². The summed E-state index contributed by atoms with van der Waals surface area (Å²) in [5.74, 6) is 0.533. The lowest BCUT2D eigenvalue weighted by Gasteiger charge is -2.07. The minimum atomic E-state index is -2.86. The first-order chi connectivity index (χ1) is 11.0. The van der Waals surface area contributed by atoms with E-state index in [9.17, 15) is 13.6 Å². The highest BCUT2D eigenvalue weighted by molar-refractivity contribution is 7.99. The van der Waals surface area contributed by atoms with Crippen LogP contribution in [0.15, 0.2) is 53.4 Å². The van der Waals surface area contributed by atoms with Crippen molar-refractivity contribution >= 4 is 35.0 Å². The second-order valence-corrected chi connectivity index (χ2v) is 6.11. The number of amides is 1. The number of benzene rings is 2.